The Morgan fingerprint density at radius 3 is 2.54 bits per heavy atom. The molecule has 0 aliphatic carbocycles. The first kappa shape index (κ1) is 17.8. The number of carbonyl (C=O) groups is 2. The molecule has 126 valence electrons. The van der Waals surface area contributed by atoms with E-state index >= 15 is 0 Å². The Bertz CT molecular complexity index is 775. The Morgan fingerprint density at radius 2 is 1.88 bits per heavy atom. The van der Waals surface area contributed by atoms with Crippen molar-refractivity contribution in [1.82, 2.24) is 5.32 Å². The molecule has 0 fully saturated rings. The number of rotatable bonds is 4. The minimum Gasteiger partial charge on any atom is -0.495 e. The van der Waals surface area contributed by atoms with Gasteiger partial charge >= 0.3 is 11.8 Å². The maximum atomic E-state index is 12.1. The zero-order valence-electron chi connectivity index (χ0n) is 13.8. The topological polar surface area (TPSA) is 67.4 Å². The summed E-state index contributed by atoms with van der Waals surface area (Å²) in [7, 11) is 1.47. The van der Waals surface area contributed by atoms with E-state index in [1.165, 1.54) is 7.11 Å². The first-order valence-electron chi connectivity index (χ1n) is 7.39. The van der Waals surface area contributed by atoms with Crippen LogP contribution < -0.4 is 15.4 Å². The van der Waals surface area contributed by atoms with E-state index in [9.17, 15) is 9.59 Å². The van der Waals surface area contributed by atoms with Crippen LogP contribution in [0.5, 0.6) is 5.75 Å². The van der Waals surface area contributed by atoms with Crippen LogP contribution in [0.25, 0.3) is 0 Å². The van der Waals surface area contributed by atoms with Crippen LogP contribution >= 0.6 is 11.6 Å². The van der Waals surface area contributed by atoms with Crippen molar-refractivity contribution < 1.29 is 14.3 Å². The van der Waals surface area contributed by atoms with E-state index < -0.39 is 11.8 Å². The summed E-state index contributed by atoms with van der Waals surface area (Å²) in [6, 6.07) is 11.0. The first-order valence-corrected chi connectivity index (χ1v) is 7.77. The average Bonchev–Trinajstić information content (AvgIpc) is 2.55. The van der Waals surface area contributed by atoms with E-state index in [0.717, 1.165) is 16.7 Å². The Labute approximate surface area is 146 Å². The predicted molar refractivity (Wildman–Crippen MR) is 94.4 cm³/mol. The molecule has 0 aliphatic heterocycles. The summed E-state index contributed by atoms with van der Waals surface area (Å²) in [5.41, 5.74) is 3.19. The van der Waals surface area contributed by atoms with Crippen molar-refractivity contribution in [2.24, 2.45) is 0 Å². The van der Waals surface area contributed by atoms with Gasteiger partial charge in [-0.1, -0.05) is 41.4 Å². The highest BCUT2D eigenvalue weighted by Crippen LogP contribution is 2.30. The number of anilines is 1. The van der Waals surface area contributed by atoms with Gasteiger partial charge in [-0.25, -0.2) is 0 Å². The van der Waals surface area contributed by atoms with Crippen LogP contribution in [0.2, 0.25) is 5.02 Å². The largest absolute Gasteiger partial charge is 0.495 e. The lowest BCUT2D eigenvalue weighted by molar-refractivity contribution is -0.136. The van der Waals surface area contributed by atoms with Crippen molar-refractivity contribution in [3.63, 3.8) is 0 Å². The first-order chi connectivity index (χ1) is 11.4. The molecule has 0 aromatic heterocycles. The van der Waals surface area contributed by atoms with Crippen molar-refractivity contribution in [3.05, 3.63) is 58.1 Å². The molecule has 5 nitrogen and oxygen atoms in total. The Hall–Kier alpha value is -2.53. The second-order valence-electron chi connectivity index (χ2n) is 5.43. The lowest BCUT2D eigenvalue weighted by Gasteiger charge is -2.12. The van der Waals surface area contributed by atoms with Gasteiger partial charge in [0.1, 0.15) is 5.75 Å². The normalized spacial score (nSPS) is 10.2. The van der Waals surface area contributed by atoms with Crippen LogP contribution in [-0.4, -0.2) is 18.9 Å². The van der Waals surface area contributed by atoms with Gasteiger partial charge in [0.05, 0.1) is 12.8 Å². The fraction of sp³-hybridized carbons (Fsp3) is 0.222. The van der Waals surface area contributed by atoms with Crippen LogP contribution in [0.1, 0.15) is 16.7 Å². The van der Waals surface area contributed by atoms with Gasteiger partial charge in [-0.15, -0.1) is 0 Å². The minimum atomic E-state index is -0.761. The van der Waals surface area contributed by atoms with E-state index in [1.54, 1.807) is 19.1 Å². The maximum Gasteiger partial charge on any atom is 0.313 e. The zero-order chi connectivity index (χ0) is 17.7. The molecule has 0 heterocycles. The molecule has 2 amide bonds. The molecular weight excluding hydrogens is 328 g/mol. The van der Waals surface area contributed by atoms with Crippen molar-refractivity contribution in [3.8, 4) is 5.75 Å². The van der Waals surface area contributed by atoms with Gasteiger partial charge in [0.2, 0.25) is 0 Å². The fourth-order valence-corrected chi connectivity index (χ4v) is 2.35. The Balaban J connectivity index is 2.01. The molecule has 2 N–H and O–H groups in total. The van der Waals surface area contributed by atoms with E-state index in [0.29, 0.717) is 16.5 Å². The van der Waals surface area contributed by atoms with Crippen molar-refractivity contribution in [2.45, 2.75) is 20.4 Å². The van der Waals surface area contributed by atoms with Gasteiger partial charge < -0.3 is 15.4 Å². The van der Waals surface area contributed by atoms with Crippen molar-refractivity contribution in [1.29, 1.82) is 0 Å². The van der Waals surface area contributed by atoms with Gasteiger partial charge in [-0.3, -0.25) is 9.59 Å². The zero-order valence-corrected chi connectivity index (χ0v) is 14.5. The Morgan fingerprint density at radius 1 is 1.12 bits per heavy atom. The average molecular weight is 347 g/mol. The molecule has 0 spiro atoms. The lowest BCUT2D eigenvalue weighted by Crippen LogP contribution is -2.35. The number of hydrogen-bond acceptors (Lipinski definition) is 3. The third kappa shape index (κ3) is 4.49. The number of nitrogens with one attached hydrogen (secondary N) is 2. The number of ether oxygens (including phenoxy) is 1. The quantitative estimate of drug-likeness (QED) is 0.835. The highest BCUT2D eigenvalue weighted by molar-refractivity contribution is 6.40. The highest BCUT2D eigenvalue weighted by atomic mass is 35.5. The van der Waals surface area contributed by atoms with Crippen LogP contribution in [0.4, 0.5) is 5.69 Å². The molecule has 2 aromatic rings. The molecule has 2 aromatic carbocycles. The second-order valence-corrected chi connectivity index (χ2v) is 5.83. The van der Waals surface area contributed by atoms with Crippen molar-refractivity contribution >= 4 is 29.1 Å². The molecule has 6 heteroatoms. The van der Waals surface area contributed by atoms with Gasteiger partial charge in [-0.05, 0) is 31.0 Å². The van der Waals surface area contributed by atoms with E-state index in [2.05, 4.69) is 10.6 Å². The number of benzene rings is 2. The van der Waals surface area contributed by atoms with Crippen LogP contribution in [0.15, 0.2) is 36.4 Å². The molecule has 0 saturated heterocycles. The van der Waals surface area contributed by atoms with Crippen molar-refractivity contribution in [2.75, 3.05) is 12.4 Å². The van der Waals surface area contributed by atoms with Gasteiger partial charge in [0.15, 0.2) is 0 Å². The van der Waals surface area contributed by atoms with E-state index in [1.807, 2.05) is 31.2 Å². The number of hydrogen-bond donors (Lipinski definition) is 2. The molecule has 0 radical (unpaired) electrons. The number of aryl methyl sites for hydroxylation is 2. The number of amides is 2. The monoisotopic (exact) mass is 346 g/mol. The lowest BCUT2D eigenvalue weighted by atomic mass is 10.1. The molecular formula is C18H19ClN2O3. The van der Waals surface area contributed by atoms with Gasteiger partial charge in [-0.2, -0.15) is 0 Å². The van der Waals surface area contributed by atoms with E-state index in [-0.39, 0.29) is 6.54 Å². The summed E-state index contributed by atoms with van der Waals surface area (Å²) in [5.74, 6) is -1.08. The summed E-state index contributed by atoms with van der Waals surface area (Å²) in [6.45, 7) is 4.05. The van der Waals surface area contributed by atoms with E-state index in [4.69, 9.17) is 16.3 Å². The smallest absolute Gasteiger partial charge is 0.313 e. The number of methoxy groups -OCH3 is 1. The maximum absolute atomic E-state index is 12.1. The molecule has 2 rings (SSSR count). The highest BCUT2D eigenvalue weighted by Gasteiger charge is 2.16. The summed E-state index contributed by atoms with van der Waals surface area (Å²) in [5, 5.41) is 5.66. The summed E-state index contributed by atoms with van der Waals surface area (Å²) < 4.78 is 5.17. The molecule has 0 bridgehead atoms. The van der Waals surface area contributed by atoms with Crippen LogP contribution in [-0.2, 0) is 16.1 Å². The number of halogens is 1. The minimum absolute atomic E-state index is 0.282. The molecule has 0 saturated carbocycles. The molecule has 24 heavy (non-hydrogen) atoms. The van der Waals surface area contributed by atoms with Crippen LogP contribution in [0.3, 0.4) is 0 Å². The SMILES string of the molecule is COc1cc(Cl)c(C)cc1NC(=O)C(=O)NCc1cccc(C)c1. The summed E-state index contributed by atoms with van der Waals surface area (Å²) in [4.78, 5) is 24.0. The second kappa shape index (κ2) is 7.84. The molecule has 0 atom stereocenters. The summed E-state index contributed by atoms with van der Waals surface area (Å²) >= 11 is 6.02. The standard InChI is InChI=1S/C18H19ClN2O3/c1-11-5-4-6-13(7-11)10-20-17(22)18(23)21-15-8-12(2)14(19)9-16(15)24-3/h4-9H,10H2,1-3H3,(H,20,22)(H,21,23). The predicted octanol–water partition coefficient (Wildman–Crippen LogP) is 3.22. The van der Waals surface area contributed by atoms with Gasteiger partial charge in [0, 0.05) is 17.6 Å². The Kier molecular flexibility index (Phi) is 5.82. The number of carbonyl (C=O) groups excluding carboxylic acids is 2. The van der Waals surface area contributed by atoms with Crippen LogP contribution in [0, 0.1) is 13.8 Å². The van der Waals surface area contributed by atoms with Gasteiger partial charge in [0.25, 0.3) is 0 Å². The molecule has 0 unspecified atom stereocenters. The summed E-state index contributed by atoms with van der Waals surface area (Å²) in [6.07, 6.45) is 0. The fourth-order valence-electron chi connectivity index (χ4n) is 2.19. The third-order valence-corrected chi connectivity index (χ3v) is 3.88. The molecule has 0 aliphatic rings. The third-order valence-electron chi connectivity index (χ3n) is 3.47.